The summed E-state index contributed by atoms with van der Waals surface area (Å²) < 4.78 is 25.1. The highest BCUT2D eigenvalue weighted by molar-refractivity contribution is 6.92. The molecule has 1 heterocycles. The van der Waals surface area contributed by atoms with Gasteiger partial charge in [0.15, 0.2) is 0 Å². The van der Waals surface area contributed by atoms with Gasteiger partial charge in [0.2, 0.25) is 0 Å². The Kier molecular flexibility index (Phi) is 4.33. The normalized spacial score (nSPS) is 30.4. The summed E-state index contributed by atoms with van der Waals surface area (Å²) in [4.78, 5) is 0. The highest BCUT2D eigenvalue weighted by Crippen LogP contribution is 2.31. The van der Waals surface area contributed by atoms with Crippen molar-refractivity contribution in [2.45, 2.75) is 58.8 Å². The first-order valence-electron chi connectivity index (χ1n) is 6.19. The van der Waals surface area contributed by atoms with Gasteiger partial charge in [0, 0.05) is 0 Å². The molecule has 1 fully saturated rings. The molecule has 0 N–H and O–H groups in total. The summed E-state index contributed by atoms with van der Waals surface area (Å²) in [7, 11) is -8.52. The number of rotatable bonds is 1. The molecule has 0 unspecified atom stereocenters. The Hall–Kier alpha value is 0.708. The molecule has 0 aromatic heterocycles. The summed E-state index contributed by atoms with van der Waals surface area (Å²) >= 11 is 0. The van der Waals surface area contributed by atoms with E-state index in [0.717, 1.165) is 6.04 Å². The van der Waals surface area contributed by atoms with Gasteiger partial charge in [-0.3, -0.25) is 0 Å². The summed E-state index contributed by atoms with van der Waals surface area (Å²) in [6.45, 7) is 16.8. The summed E-state index contributed by atoms with van der Waals surface area (Å²) in [5.74, 6) is 0. The van der Waals surface area contributed by atoms with Crippen LogP contribution in [0.1, 0.15) is 6.92 Å². The smallest absolute Gasteiger partial charge is 0.317 e. The largest absolute Gasteiger partial charge is 0.416 e. The van der Waals surface area contributed by atoms with Crippen molar-refractivity contribution in [3.05, 3.63) is 0 Å². The quantitative estimate of drug-likeness (QED) is 0.697. The minimum atomic E-state index is -2.13. The first kappa shape index (κ1) is 15.8. The molecule has 0 saturated carbocycles. The Morgan fingerprint density at radius 3 is 1.18 bits per heavy atom. The molecule has 4 nitrogen and oxygen atoms in total. The van der Waals surface area contributed by atoms with Crippen molar-refractivity contribution in [2.24, 2.45) is 0 Å². The lowest BCUT2D eigenvalue weighted by Gasteiger charge is -2.47. The van der Waals surface area contributed by atoms with Crippen LogP contribution in [0.4, 0.5) is 0 Å². The van der Waals surface area contributed by atoms with Crippen LogP contribution >= 0.6 is 0 Å². The summed E-state index contributed by atoms with van der Waals surface area (Å²) in [5.41, 5.74) is 0. The predicted molar refractivity (Wildman–Crippen MR) is 78.9 cm³/mol. The maximum Gasteiger partial charge on any atom is 0.317 e. The molecule has 8 heteroatoms. The van der Waals surface area contributed by atoms with Gasteiger partial charge < -0.3 is 16.5 Å². The van der Waals surface area contributed by atoms with Crippen molar-refractivity contribution in [1.29, 1.82) is 0 Å². The van der Waals surface area contributed by atoms with Gasteiger partial charge in [0.05, 0.1) is 0 Å². The Labute approximate surface area is 110 Å². The van der Waals surface area contributed by atoms with Crippen LogP contribution in [0.5, 0.6) is 0 Å². The van der Waals surface area contributed by atoms with E-state index in [-0.39, 0.29) is 0 Å². The molecule has 1 rings (SSSR count). The number of hydrogen-bond acceptors (Lipinski definition) is 4. The van der Waals surface area contributed by atoms with Crippen molar-refractivity contribution in [3.8, 4) is 0 Å². The van der Waals surface area contributed by atoms with Gasteiger partial charge in [-0.25, -0.2) is 0 Å². The minimum absolute atomic E-state index is 0.939. The zero-order valence-corrected chi connectivity index (χ0v) is 16.3. The molecular weight excluding hydrogens is 284 g/mol. The van der Waals surface area contributed by atoms with Crippen molar-refractivity contribution < 1.29 is 16.5 Å². The highest BCUT2D eigenvalue weighted by atomic mass is 28.5. The Bertz CT molecular complexity index is 271. The van der Waals surface area contributed by atoms with E-state index in [1.54, 1.807) is 0 Å². The minimum Gasteiger partial charge on any atom is -0.416 e. The Balaban J connectivity index is 3.02. The van der Waals surface area contributed by atoms with E-state index in [0.29, 0.717) is 0 Å². The lowest BCUT2D eigenvalue weighted by molar-refractivity contribution is 0.235. The molecule has 0 aliphatic carbocycles. The summed E-state index contributed by atoms with van der Waals surface area (Å²) in [6.07, 6.45) is 0. The van der Waals surface area contributed by atoms with Crippen molar-refractivity contribution in [3.63, 3.8) is 0 Å². The molecule has 0 bridgehead atoms. The fourth-order valence-corrected chi connectivity index (χ4v) is 23.6. The molecule has 1 aliphatic rings. The van der Waals surface area contributed by atoms with Gasteiger partial charge in [0.1, 0.15) is 0 Å². The molecule has 17 heavy (non-hydrogen) atoms. The SMILES string of the molecule is CC[Si]1(C)O[Si](C)(C)O[Si](C)(C)O[Si](C)(C)O1. The lowest BCUT2D eigenvalue weighted by Crippen LogP contribution is -2.64. The van der Waals surface area contributed by atoms with Crippen LogP contribution in [0.2, 0.25) is 51.9 Å². The second-order valence-electron chi connectivity index (χ2n) is 6.10. The molecule has 0 aromatic rings. The van der Waals surface area contributed by atoms with Gasteiger partial charge in [-0.15, -0.1) is 0 Å². The average molecular weight is 311 g/mol. The highest BCUT2D eigenvalue weighted by Gasteiger charge is 2.51. The zero-order chi connectivity index (χ0) is 13.5. The van der Waals surface area contributed by atoms with E-state index in [1.807, 2.05) is 0 Å². The summed E-state index contributed by atoms with van der Waals surface area (Å²) in [6, 6.07) is 0.939. The van der Waals surface area contributed by atoms with Crippen LogP contribution < -0.4 is 0 Å². The lowest BCUT2D eigenvalue weighted by atomic mass is 11.0. The Morgan fingerprint density at radius 2 is 0.882 bits per heavy atom. The van der Waals surface area contributed by atoms with E-state index in [2.05, 4.69) is 52.8 Å². The molecule has 0 aromatic carbocycles. The van der Waals surface area contributed by atoms with Crippen LogP contribution in [0.15, 0.2) is 0 Å². The van der Waals surface area contributed by atoms with Crippen molar-refractivity contribution in [2.75, 3.05) is 0 Å². The summed E-state index contributed by atoms with van der Waals surface area (Å²) in [5, 5.41) is 0. The average Bonchev–Trinajstić information content (AvgIpc) is 1.93. The topological polar surface area (TPSA) is 36.9 Å². The first-order valence-corrected chi connectivity index (χ1v) is 17.2. The third kappa shape index (κ3) is 4.71. The second kappa shape index (κ2) is 4.67. The van der Waals surface area contributed by atoms with E-state index >= 15 is 0 Å². The molecular formula is C9H26O4Si4. The van der Waals surface area contributed by atoms with E-state index < -0.39 is 34.2 Å². The van der Waals surface area contributed by atoms with Crippen molar-refractivity contribution in [1.82, 2.24) is 0 Å². The van der Waals surface area contributed by atoms with Crippen LogP contribution in [-0.4, -0.2) is 34.2 Å². The van der Waals surface area contributed by atoms with Gasteiger partial charge >= 0.3 is 34.2 Å². The van der Waals surface area contributed by atoms with E-state index in [1.165, 1.54) is 0 Å². The van der Waals surface area contributed by atoms with Crippen molar-refractivity contribution >= 4 is 34.2 Å². The maximum absolute atomic E-state index is 6.31. The molecule has 0 amide bonds. The first-order chi connectivity index (χ1) is 7.39. The molecule has 0 spiro atoms. The molecule has 0 atom stereocenters. The third-order valence-corrected chi connectivity index (χ3v) is 19.1. The maximum atomic E-state index is 6.31. The Morgan fingerprint density at radius 1 is 0.588 bits per heavy atom. The third-order valence-electron chi connectivity index (χ3n) is 2.55. The molecule has 0 radical (unpaired) electrons. The monoisotopic (exact) mass is 310 g/mol. The second-order valence-corrected chi connectivity index (χ2v) is 20.7. The fraction of sp³-hybridized carbons (Fsp3) is 1.00. The van der Waals surface area contributed by atoms with Gasteiger partial charge in [-0.05, 0) is 51.9 Å². The predicted octanol–water partition coefficient (Wildman–Crippen LogP) is 3.26. The molecule has 102 valence electrons. The zero-order valence-electron chi connectivity index (χ0n) is 12.3. The van der Waals surface area contributed by atoms with Crippen LogP contribution in [0.3, 0.4) is 0 Å². The fourth-order valence-electron chi connectivity index (χ4n) is 2.45. The van der Waals surface area contributed by atoms with Gasteiger partial charge in [0.25, 0.3) is 0 Å². The van der Waals surface area contributed by atoms with Crippen LogP contribution in [0.25, 0.3) is 0 Å². The van der Waals surface area contributed by atoms with Crippen LogP contribution in [0, 0.1) is 0 Å². The van der Waals surface area contributed by atoms with E-state index in [9.17, 15) is 0 Å². The molecule has 1 saturated heterocycles. The standard InChI is InChI=1S/C9H26O4Si4/c1-9-17(8)12-15(4,5)10-14(2,3)11-16(6,7)13-17/h9H2,1-8H3. The van der Waals surface area contributed by atoms with E-state index in [4.69, 9.17) is 16.5 Å². The molecule has 1 aliphatic heterocycles. The number of hydrogen-bond donors (Lipinski definition) is 0. The van der Waals surface area contributed by atoms with Gasteiger partial charge in [-0.1, -0.05) is 6.92 Å². The van der Waals surface area contributed by atoms with Crippen LogP contribution in [-0.2, 0) is 16.5 Å². The van der Waals surface area contributed by atoms with Gasteiger partial charge in [-0.2, -0.15) is 0 Å².